The van der Waals surface area contributed by atoms with Gasteiger partial charge in [0, 0.05) is 18.0 Å². The molecule has 1 heterocycles. The SMILES string of the molecule is COc1ncc(-c2ccc(C#N)cc2)cn1. The maximum atomic E-state index is 8.68. The molecule has 0 aliphatic rings. The second-order valence-corrected chi connectivity index (χ2v) is 3.15. The quantitative estimate of drug-likeness (QED) is 0.762. The zero-order valence-corrected chi connectivity index (χ0v) is 8.71. The van der Waals surface area contributed by atoms with Gasteiger partial charge in [0.15, 0.2) is 0 Å². The van der Waals surface area contributed by atoms with E-state index in [1.165, 1.54) is 7.11 Å². The van der Waals surface area contributed by atoms with Crippen molar-refractivity contribution >= 4 is 0 Å². The van der Waals surface area contributed by atoms with Crippen LogP contribution in [0.3, 0.4) is 0 Å². The first-order valence-corrected chi connectivity index (χ1v) is 4.70. The number of benzene rings is 1. The zero-order valence-electron chi connectivity index (χ0n) is 8.71. The molecule has 1 aromatic carbocycles. The zero-order chi connectivity index (χ0) is 11.4. The minimum absolute atomic E-state index is 0.345. The van der Waals surface area contributed by atoms with Gasteiger partial charge in [0.2, 0.25) is 0 Å². The van der Waals surface area contributed by atoms with Gasteiger partial charge < -0.3 is 4.74 Å². The molecule has 16 heavy (non-hydrogen) atoms. The number of ether oxygens (including phenoxy) is 1. The summed E-state index contributed by atoms with van der Waals surface area (Å²) >= 11 is 0. The summed E-state index contributed by atoms with van der Waals surface area (Å²) in [4.78, 5) is 8.04. The predicted octanol–water partition coefficient (Wildman–Crippen LogP) is 2.02. The van der Waals surface area contributed by atoms with Crippen LogP contribution in [-0.2, 0) is 0 Å². The van der Waals surface area contributed by atoms with Crippen LogP contribution in [0.1, 0.15) is 5.56 Å². The Hall–Kier alpha value is -2.41. The Labute approximate surface area is 93.2 Å². The summed E-state index contributed by atoms with van der Waals surface area (Å²) in [6.07, 6.45) is 3.38. The van der Waals surface area contributed by atoms with E-state index in [9.17, 15) is 0 Å². The molecule has 0 saturated carbocycles. The third-order valence-corrected chi connectivity index (χ3v) is 2.16. The average molecular weight is 211 g/mol. The van der Waals surface area contributed by atoms with Crippen LogP contribution in [0.2, 0.25) is 0 Å². The fraction of sp³-hybridized carbons (Fsp3) is 0.0833. The molecule has 4 heteroatoms. The maximum absolute atomic E-state index is 8.68. The van der Waals surface area contributed by atoms with E-state index < -0.39 is 0 Å². The predicted molar refractivity (Wildman–Crippen MR) is 58.7 cm³/mol. The summed E-state index contributed by atoms with van der Waals surface area (Å²) in [5, 5.41) is 8.68. The molecular formula is C12H9N3O. The summed E-state index contributed by atoms with van der Waals surface area (Å²) in [6, 6.07) is 9.67. The number of aromatic nitrogens is 2. The molecule has 2 rings (SSSR count). The lowest BCUT2D eigenvalue weighted by molar-refractivity contribution is 0.380. The molecule has 0 atom stereocenters. The Bertz CT molecular complexity index is 511. The van der Waals surface area contributed by atoms with Crippen LogP contribution in [0.25, 0.3) is 11.1 Å². The van der Waals surface area contributed by atoms with Gasteiger partial charge in [-0.05, 0) is 17.7 Å². The smallest absolute Gasteiger partial charge is 0.316 e. The first-order valence-electron chi connectivity index (χ1n) is 4.70. The highest BCUT2D eigenvalue weighted by Gasteiger charge is 2.00. The van der Waals surface area contributed by atoms with Gasteiger partial charge in [-0.3, -0.25) is 0 Å². The second kappa shape index (κ2) is 4.41. The molecule has 0 fully saturated rings. The van der Waals surface area contributed by atoms with E-state index in [1.807, 2.05) is 12.1 Å². The summed E-state index contributed by atoms with van der Waals surface area (Å²) in [5.74, 6) is 0. The fourth-order valence-electron chi connectivity index (χ4n) is 1.31. The molecule has 0 aliphatic heterocycles. The molecule has 78 valence electrons. The second-order valence-electron chi connectivity index (χ2n) is 3.15. The van der Waals surface area contributed by atoms with Crippen LogP contribution >= 0.6 is 0 Å². The molecule has 0 radical (unpaired) electrons. The lowest BCUT2D eigenvalue weighted by atomic mass is 10.1. The van der Waals surface area contributed by atoms with E-state index in [1.54, 1.807) is 24.5 Å². The lowest BCUT2D eigenvalue weighted by Crippen LogP contribution is -1.91. The Morgan fingerprint density at radius 3 is 2.19 bits per heavy atom. The third kappa shape index (κ3) is 1.98. The first kappa shape index (κ1) is 10.1. The highest BCUT2D eigenvalue weighted by molar-refractivity contribution is 5.62. The van der Waals surface area contributed by atoms with Gasteiger partial charge in [0.25, 0.3) is 0 Å². The van der Waals surface area contributed by atoms with E-state index >= 15 is 0 Å². The van der Waals surface area contributed by atoms with E-state index in [2.05, 4.69) is 16.0 Å². The van der Waals surface area contributed by atoms with Gasteiger partial charge in [-0.15, -0.1) is 0 Å². The van der Waals surface area contributed by atoms with Crippen molar-refractivity contribution in [2.24, 2.45) is 0 Å². The highest BCUT2D eigenvalue weighted by atomic mass is 16.5. The molecule has 2 aromatic rings. The number of nitriles is 1. The number of rotatable bonds is 2. The molecule has 0 spiro atoms. The van der Waals surface area contributed by atoms with Crippen LogP contribution in [-0.4, -0.2) is 17.1 Å². The molecule has 0 bridgehead atoms. The Morgan fingerprint density at radius 2 is 1.69 bits per heavy atom. The van der Waals surface area contributed by atoms with Crippen molar-refractivity contribution in [1.82, 2.24) is 9.97 Å². The van der Waals surface area contributed by atoms with E-state index in [0.717, 1.165) is 11.1 Å². The van der Waals surface area contributed by atoms with Crippen LogP contribution in [0.5, 0.6) is 6.01 Å². The van der Waals surface area contributed by atoms with Crippen molar-refractivity contribution in [3.05, 3.63) is 42.2 Å². The normalized spacial score (nSPS) is 9.50. The summed E-state index contributed by atoms with van der Waals surface area (Å²) in [5.41, 5.74) is 2.50. The van der Waals surface area contributed by atoms with Crippen molar-refractivity contribution < 1.29 is 4.74 Å². The van der Waals surface area contributed by atoms with Gasteiger partial charge >= 0.3 is 6.01 Å². The Balaban J connectivity index is 2.32. The lowest BCUT2D eigenvalue weighted by Gasteiger charge is -2.01. The largest absolute Gasteiger partial charge is 0.467 e. The van der Waals surface area contributed by atoms with E-state index in [0.29, 0.717) is 11.6 Å². The fourth-order valence-corrected chi connectivity index (χ4v) is 1.31. The van der Waals surface area contributed by atoms with Gasteiger partial charge in [-0.25, -0.2) is 9.97 Å². The third-order valence-electron chi connectivity index (χ3n) is 2.16. The van der Waals surface area contributed by atoms with Crippen molar-refractivity contribution in [1.29, 1.82) is 5.26 Å². The van der Waals surface area contributed by atoms with Gasteiger partial charge in [0.05, 0.1) is 18.7 Å². The number of methoxy groups -OCH3 is 1. The average Bonchev–Trinajstić information content (AvgIpc) is 2.39. The monoisotopic (exact) mass is 211 g/mol. The highest BCUT2D eigenvalue weighted by Crippen LogP contribution is 2.18. The van der Waals surface area contributed by atoms with Gasteiger partial charge in [-0.1, -0.05) is 12.1 Å². The van der Waals surface area contributed by atoms with Crippen LogP contribution in [0, 0.1) is 11.3 Å². The van der Waals surface area contributed by atoms with Crippen molar-refractivity contribution in [2.45, 2.75) is 0 Å². The molecule has 4 nitrogen and oxygen atoms in total. The van der Waals surface area contributed by atoms with Crippen molar-refractivity contribution in [3.8, 4) is 23.2 Å². The minimum Gasteiger partial charge on any atom is -0.467 e. The van der Waals surface area contributed by atoms with Crippen molar-refractivity contribution in [2.75, 3.05) is 7.11 Å². The summed E-state index contributed by atoms with van der Waals surface area (Å²) < 4.78 is 4.88. The molecule has 1 aromatic heterocycles. The van der Waals surface area contributed by atoms with E-state index in [-0.39, 0.29) is 0 Å². The first-order chi connectivity index (χ1) is 7.83. The van der Waals surface area contributed by atoms with Crippen LogP contribution in [0.15, 0.2) is 36.7 Å². The van der Waals surface area contributed by atoms with Crippen LogP contribution in [0.4, 0.5) is 0 Å². The standard InChI is InChI=1S/C12H9N3O/c1-16-12-14-7-11(8-15-12)10-4-2-9(6-13)3-5-10/h2-5,7-8H,1H3. The number of hydrogen-bond acceptors (Lipinski definition) is 4. The minimum atomic E-state index is 0.345. The molecule has 0 saturated heterocycles. The summed E-state index contributed by atoms with van der Waals surface area (Å²) in [6.45, 7) is 0. The molecule has 0 N–H and O–H groups in total. The van der Waals surface area contributed by atoms with Crippen molar-refractivity contribution in [3.63, 3.8) is 0 Å². The summed E-state index contributed by atoms with van der Waals surface area (Å²) in [7, 11) is 1.52. The maximum Gasteiger partial charge on any atom is 0.316 e. The van der Waals surface area contributed by atoms with Gasteiger partial charge in [0.1, 0.15) is 0 Å². The number of hydrogen-bond donors (Lipinski definition) is 0. The van der Waals surface area contributed by atoms with Crippen LogP contribution < -0.4 is 4.74 Å². The molecular weight excluding hydrogens is 202 g/mol. The Kier molecular flexibility index (Phi) is 2.79. The Morgan fingerprint density at radius 1 is 1.06 bits per heavy atom. The van der Waals surface area contributed by atoms with Gasteiger partial charge in [-0.2, -0.15) is 5.26 Å². The molecule has 0 aliphatic carbocycles. The topological polar surface area (TPSA) is 58.8 Å². The molecule has 0 unspecified atom stereocenters. The van der Waals surface area contributed by atoms with E-state index in [4.69, 9.17) is 10.00 Å². The number of nitrogens with zero attached hydrogens (tertiary/aromatic N) is 3. The molecule has 0 amide bonds.